The fraction of sp³-hybridized carbons (Fsp3) is 0.579. The zero-order chi connectivity index (χ0) is 18.3. The third kappa shape index (κ3) is 3.56. The maximum atomic E-state index is 12.6. The Balaban J connectivity index is 1.56. The fourth-order valence-electron chi connectivity index (χ4n) is 3.89. The van der Waals surface area contributed by atoms with E-state index in [1.54, 1.807) is 11.3 Å². The molecular formula is C19H26N4O2S. The van der Waals surface area contributed by atoms with Crippen LogP contribution in [0.25, 0.3) is 0 Å². The molecule has 1 saturated heterocycles. The first-order chi connectivity index (χ1) is 12.5. The maximum absolute atomic E-state index is 12.6. The van der Waals surface area contributed by atoms with Crippen molar-refractivity contribution in [2.75, 3.05) is 24.5 Å². The molecule has 0 aliphatic carbocycles. The number of aromatic nitrogens is 2. The third-order valence-electron chi connectivity index (χ3n) is 5.19. The van der Waals surface area contributed by atoms with Crippen molar-refractivity contribution in [3.63, 3.8) is 0 Å². The van der Waals surface area contributed by atoms with E-state index in [4.69, 9.17) is 9.72 Å². The Bertz CT molecular complexity index is 836. The van der Waals surface area contributed by atoms with Gasteiger partial charge in [0.25, 0.3) is 5.56 Å². The molecule has 1 fully saturated rings. The minimum atomic E-state index is 0.0174. The lowest BCUT2D eigenvalue weighted by Gasteiger charge is -2.36. The van der Waals surface area contributed by atoms with Crippen molar-refractivity contribution in [1.82, 2.24) is 14.9 Å². The summed E-state index contributed by atoms with van der Waals surface area (Å²) < 4.78 is 5.80. The van der Waals surface area contributed by atoms with Crippen molar-refractivity contribution in [3.8, 4) is 0 Å². The van der Waals surface area contributed by atoms with Crippen LogP contribution in [0.4, 0.5) is 5.95 Å². The molecule has 0 amide bonds. The SMILES string of the molecule is Cc1ccsc1CN1CCc2c(nc(N3CC(C)OC(C)C3)[nH]c2=O)C1. The van der Waals surface area contributed by atoms with Gasteiger partial charge >= 0.3 is 0 Å². The van der Waals surface area contributed by atoms with Crippen LogP contribution in [0.1, 0.15) is 35.5 Å². The zero-order valence-electron chi connectivity index (χ0n) is 15.6. The molecule has 0 radical (unpaired) electrons. The van der Waals surface area contributed by atoms with E-state index >= 15 is 0 Å². The Labute approximate surface area is 157 Å². The van der Waals surface area contributed by atoms with Crippen LogP contribution in [0.2, 0.25) is 0 Å². The summed E-state index contributed by atoms with van der Waals surface area (Å²) in [6.45, 7) is 10.4. The normalized spacial score (nSPS) is 23.9. The molecule has 2 unspecified atom stereocenters. The third-order valence-corrected chi connectivity index (χ3v) is 6.20. The first-order valence-corrected chi connectivity index (χ1v) is 10.2. The van der Waals surface area contributed by atoms with Crippen LogP contribution in [0.3, 0.4) is 0 Å². The van der Waals surface area contributed by atoms with E-state index in [0.29, 0.717) is 5.95 Å². The molecule has 2 aliphatic rings. The first kappa shape index (κ1) is 17.7. The van der Waals surface area contributed by atoms with Crippen LogP contribution in [-0.2, 0) is 24.2 Å². The average Bonchev–Trinajstić information content (AvgIpc) is 2.98. The summed E-state index contributed by atoms with van der Waals surface area (Å²) in [5.41, 5.74) is 3.14. The molecule has 2 aliphatic heterocycles. The van der Waals surface area contributed by atoms with Crippen molar-refractivity contribution < 1.29 is 4.74 Å². The highest BCUT2D eigenvalue weighted by Gasteiger charge is 2.27. The number of thiophene rings is 1. The molecule has 4 rings (SSSR count). The number of fused-ring (bicyclic) bond motifs is 1. The smallest absolute Gasteiger partial charge is 0.255 e. The number of morpholine rings is 1. The number of ether oxygens (including phenoxy) is 1. The molecule has 0 bridgehead atoms. The molecule has 4 heterocycles. The van der Waals surface area contributed by atoms with Crippen LogP contribution < -0.4 is 10.5 Å². The Hall–Kier alpha value is -1.70. The van der Waals surface area contributed by atoms with Gasteiger partial charge in [-0.3, -0.25) is 14.7 Å². The molecule has 26 heavy (non-hydrogen) atoms. The standard InChI is InChI=1S/C19H26N4O2S/c1-12-5-7-26-17(12)11-22-6-4-15-16(10-22)20-19(21-18(15)24)23-8-13(2)25-14(3)9-23/h5,7,13-14H,4,6,8-11H2,1-3H3,(H,20,21,24). The van der Waals surface area contributed by atoms with Gasteiger partial charge in [0.1, 0.15) is 0 Å². The predicted octanol–water partition coefficient (Wildman–Crippen LogP) is 2.31. The van der Waals surface area contributed by atoms with E-state index in [1.807, 2.05) is 0 Å². The van der Waals surface area contributed by atoms with E-state index in [0.717, 1.165) is 50.4 Å². The van der Waals surface area contributed by atoms with Crippen LogP contribution in [-0.4, -0.2) is 46.7 Å². The number of rotatable bonds is 3. The minimum Gasteiger partial charge on any atom is -0.372 e. The van der Waals surface area contributed by atoms with E-state index in [1.165, 1.54) is 10.4 Å². The van der Waals surface area contributed by atoms with Crippen LogP contribution in [0.15, 0.2) is 16.2 Å². The number of H-pyrrole nitrogens is 1. The van der Waals surface area contributed by atoms with Crippen molar-refractivity contribution >= 4 is 17.3 Å². The molecule has 2 aromatic rings. The van der Waals surface area contributed by atoms with Gasteiger partial charge in [0.15, 0.2) is 0 Å². The lowest BCUT2D eigenvalue weighted by Crippen LogP contribution is -2.47. The predicted molar refractivity (Wildman–Crippen MR) is 104 cm³/mol. The minimum absolute atomic E-state index is 0.0174. The lowest BCUT2D eigenvalue weighted by atomic mass is 10.1. The average molecular weight is 375 g/mol. The van der Waals surface area contributed by atoms with Gasteiger partial charge in [0.05, 0.1) is 17.9 Å². The van der Waals surface area contributed by atoms with Gasteiger partial charge in [-0.1, -0.05) is 0 Å². The molecule has 2 aromatic heterocycles. The summed E-state index contributed by atoms with van der Waals surface area (Å²) in [5, 5.41) is 2.14. The summed E-state index contributed by atoms with van der Waals surface area (Å²) in [4.78, 5) is 26.4. The number of hydrogen-bond donors (Lipinski definition) is 1. The van der Waals surface area contributed by atoms with Crippen molar-refractivity contribution in [2.45, 2.75) is 52.5 Å². The summed E-state index contributed by atoms with van der Waals surface area (Å²) in [6, 6.07) is 2.17. The van der Waals surface area contributed by atoms with Gasteiger partial charge in [-0.25, -0.2) is 4.98 Å². The fourth-order valence-corrected chi connectivity index (χ4v) is 4.83. The Morgan fingerprint density at radius 3 is 2.81 bits per heavy atom. The van der Waals surface area contributed by atoms with Crippen molar-refractivity contribution in [1.29, 1.82) is 0 Å². The second-order valence-corrected chi connectivity index (χ2v) is 8.47. The number of nitrogens with one attached hydrogen (secondary N) is 1. The van der Waals surface area contributed by atoms with Gasteiger partial charge < -0.3 is 9.64 Å². The van der Waals surface area contributed by atoms with E-state index in [9.17, 15) is 4.79 Å². The van der Waals surface area contributed by atoms with E-state index < -0.39 is 0 Å². The Kier molecular flexibility index (Phi) is 4.86. The lowest BCUT2D eigenvalue weighted by molar-refractivity contribution is -0.00576. The number of hydrogen-bond acceptors (Lipinski definition) is 6. The summed E-state index contributed by atoms with van der Waals surface area (Å²) in [6.07, 6.45) is 1.04. The Morgan fingerprint density at radius 2 is 2.12 bits per heavy atom. The molecule has 0 spiro atoms. The highest BCUT2D eigenvalue weighted by Crippen LogP contribution is 2.23. The molecule has 140 valence electrons. The van der Waals surface area contributed by atoms with Gasteiger partial charge in [-0.05, 0) is 44.2 Å². The molecule has 6 nitrogen and oxygen atoms in total. The number of nitrogens with zero attached hydrogens (tertiary/aromatic N) is 3. The summed E-state index contributed by atoms with van der Waals surface area (Å²) in [5.74, 6) is 0.685. The monoisotopic (exact) mass is 374 g/mol. The highest BCUT2D eigenvalue weighted by molar-refractivity contribution is 7.10. The largest absolute Gasteiger partial charge is 0.372 e. The van der Waals surface area contributed by atoms with Gasteiger partial charge in [0.2, 0.25) is 5.95 Å². The number of aryl methyl sites for hydroxylation is 1. The van der Waals surface area contributed by atoms with Crippen LogP contribution in [0, 0.1) is 6.92 Å². The molecule has 7 heteroatoms. The van der Waals surface area contributed by atoms with Gasteiger partial charge in [-0.2, -0.15) is 0 Å². The topological polar surface area (TPSA) is 61.5 Å². The molecular weight excluding hydrogens is 348 g/mol. The molecule has 1 N–H and O–H groups in total. The zero-order valence-corrected chi connectivity index (χ0v) is 16.4. The van der Waals surface area contributed by atoms with E-state index in [-0.39, 0.29) is 17.8 Å². The van der Waals surface area contributed by atoms with Crippen LogP contribution in [0.5, 0.6) is 0 Å². The first-order valence-electron chi connectivity index (χ1n) is 9.27. The maximum Gasteiger partial charge on any atom is 0.255 e. The van der Waals surface area contributed by atoms with Crippen molar-refractivity contribution in [3.05, 3.63) is 43.5 Å². The molecule has 0 saturated carbocycles. The second kappa shape index (κ2) is 7.13. The second-order valence-electron chi connectivity index (χ2n) is 7.46. The molecule has 0 aromatic carbocycles. The van der Waals surface area contributed by atoms with Crippen LogP contribution >= 0.6 is 11.3 Å². The summed E-state index contributed by atoms with van der Waals surface area (Å²) >= 11 is 1.80. The van der Waals surface area contributed by atoms with Crippen molar-refractivity contribution in [2.24, 2.45) is 0 Å². The van der Waals surface area contributed by atoms with Gasteiger partial charge in [0, 0.05) is 43.2 Å². The van der Waals surface area contributed by atoms with E-state index in [2.05, 4.69) is 47.0 Å². The number of anilines is 1. The molecule has 2 atom stereocenters. The summed E-state index contributed by atoms with van der Waals surface area (Å²) in [7, 11) is 0. The quantitative estimate of drug-likeness (QED) is 0.893. The number of aromatic amines is 1. The Morgan fingerprint density at radius 1 is 1.35 bits per heavy atom. The van der Waals surface area contributed by atoms with Gasteiger partial charge in [-0.15, -0.1) is 11.3 Å². The highest BCUT2D eigenvalue weighted by atomic mass is 32.1.